The fourth-order valence-electron chi connectivity index (χ4n) is 10.4. The van der Waals surface area contributed by atoms with E-state index in [1.807, 2.05) is 0 Å². The minimum Gasteiger partial charge on any atom is -0.296 e. The van der Waals surface area contributed by atoms with Crippen molar-refractivity contribution in [1.82, 2.24) is 19.8 Å². The molecule has 1 fully saturated rings. The summed E-state index contributed by atoms with van der Waals surface area (Å²) in [6.07, 6.45) is 9.65. The van der Waals surface area contributed by atoms with Gasteiger partial charge in [0.25, 0.3) is 0 Å². The van der Waals surface area contributed by atoms with Gasteiger partial charge < -0.3 is 0 Å². The monoisotopic (exact) mass is 636 g/mol. The first-order chi connectivity index (χ1) is 20.6. The Bertz CT molecular complexity index is 1010. The van der Waals surface area contributed by atoms with Crippen molar-refractivity contribution in [2.24, 2.45) is 0 Å². The van der Waals surface area contributed by atoms with E-state index in [1.165, 1.54) is 47.4 Å². The van der Waals surface area contributed by atoms with Crippen LogP contribution in [-0.2, 0) is 13.1 Å². The van der Waals surface area contributed by atoms with E-state index in [1.54, 1.807) is 0 Å². The summed E-state index contributed by atoms with van der Waals surface area (Å²) in [5.74, 6) is 0. The number of rotatable bonds is 14. The Labute approximate surface area is 274 Å². The molecule has 1 aliphatic carbocycles. The third kappa shape index (κ3) is 7.29. The van der Waals surface area contributed by atoms with Crippen molar-refractivity contribution < 1.29 is 0 Å². The predicted octanol–water partition coefficient (Wildman–Crippen LogP) is 9.12. The molecule has 2 heterocycles. The van der Waals surface area contributed by atoms with E-state index < -0.39 is 16.1 Å². The highest BCUT2D eigenvalue weighted by atomic mass is 28.3. The van der Waals surface area contributed by atoms with E-state index in [-0.39, 0.29) is 0 Å². The Kier molecular flexibility index (Phi) is 13.1. The first kappa shape index (κ1) is 37.1. The second-order valence-electron chi connectivity index (χ2n) is 16.1. The maximum Gasteiger partial charge on any atom is 0.0962 e. The molecule has 0 aliphatic heterocycles. The van der Waals surface area contributed by atoms with Gasteiger partial charge in [-0.3, -0.25) is 19.8 Å². The van der Waals surface area contributed by atoms with E-state index in [2.05, 4.69) is 144 Å². The summed E-state index contributed by atoms with van der Waals surface area (Å²) in [4.78, 5) is 15.4. The van der Waals surface area contributed by atoms with Crippen molar-refractivity contribution in [3.8, 4) is 0 Å². The van der Waals surface area contributed by atoms with Crippen LogP contribution in [0.3, 0.4) is 0 Å². The maximum atomic E-state index is 5.10. The van der Waals surface area contributed by atoms with Crippen LogP contribution in [0.15, 0.2) is 36.7 Å². The normalized spacial score (nSPS) is 18.8. The summed E-state index contributed by atoms with van der Waals surface area (Å²) >= 11 is 0. The number of hydrogen-bond acceptors (Lipinski definition) is 4. The van der Waals surface area contributed by atoms with Crippen LogP contribution < -0.4 is 10.4 Å². The second kappa shape index (κ2) is 15.5. The summed E-state index contributed by atoms with van der Waals surface area (Å²) in [5.41, 5.74) is 6.61. The molecule has 2 atom stereocenters. The molecule has 0 bridgehead atoms. The molecule has 0 radical (unpaired) electrons. The Morgan fingerprint density at radius 1 is 0.545 bits per heavy atom. The Balaban J connectivity index is 1.75. The smallest absolute Gasteiger partial charge is 0.0962 e. The van der Waals surface area contributed by atoms with Gasteiger partial charge in [-0.2, -0.15) is 0 Å². The molecule has 0 spiro atoms. The van der Waals surface area contributed by atoms with Gasteiger partial charge in [-0.05, 0) is 82.7 Å². The summed E-state index contributed by atoms with van der Waals surface area (Å²) in [5, 5.41) is 3.07. The SMILES string of the molecule is CC(C)[Si](c1ccc(CN(C)[C@H]2CCCC[C@@H]2N(C)Cc2ccc([Si](C(C)C)(C(C)C)C(C)C)cn2)nc1)(C(C)C)C(C)C. The van der Waals surface area contributed by atoms with E-state index in [9.17, 15) is 0 Å². The lowest BCUT2D eigenvalue weighted by atomic mass is 9.88. The van der Waals surface area contributed by atoms with Crippen LogP contribution in [-0.4, -0.2) is 62.1 Å². The average molecular weight is 637 g/mol. The largest absolute Gasteiger partial charge is 0.296 e. The minimum absolute atomic E-state index is 0.535. The van der Waals surface area contributed by atoms with Gasteiger partial charge in [0, 0.05) is 37.6 Å². The van der Waals surface area contributed by atoms with Gasteiger partial charge in [0.05, 0.1) is 27.5 Å². The lowest BCUT2D eigenvalue weighted by Gasteiger charge is -2.44. The van der Waals surface area contributed by atoms with Crippen molar-refractivity contribution in [3.63, 3.8) is 0 Å². The van der Waals surface area contributed by atoms with Crippen LogP contribution in [0.2, 0.25) is 33.2 Å². The number of pyridine rings is 2. The van der Waals surface area contributed by atoms with Crippen molar-refractivity contribution in [1.29, 1.82) is 0 Å². The lowest BCUT2D eigenvalue weighted by molar-refractivity contribution is 0.0680. The van der Waals surface area contributed by atoms with Gasteiger partial charge in [-0.1, -0.05) is 108 Å². The quantitative estimate of drug-likeness (QED) is 0.194. The van der Waals surface area contributed by atoms with Crippen LogP contribution in [0.5, 0.6) is 0 Å². The van der Waals surface area contributed by atoms with Gasteiger partial charge >= 0.3 is 0 Å². The van der Waals surface area contributed by atoms with Gasteiger partial charge in [-0.15, -0.1) is 0 Å². The third-order valence-corrected chi connectivity index (χ3v) is 26.1. The number of likely N-dealkylation sites (N-methyl/N-ethyl adjacent to an activating group) is 2. The summed E-state index contributed by atoms with van der Waals surface area (Å²) in [6, 6.07) is 10.6. The van der Waals surface area contributed by atoms with Crippen LogP contribution in [0, 0.1) is 0 Å². The molecule has 2 aromatic heterocycles. The van der Waals surface area contributed by atoms with E-state index in [0.29, 0.717) is 45.3 Å². The molecule has 0 unspecified atom stereocenters. The highest BCUT2D eigenvalue weighted by Crippen LogP contribution is 2.42. The van der Waals surface area contributed by atoms with E-state index in [4.69, 9.17) is 9.97 Å². The number of aromatic nitrogens is 2. The van der Waals surface area contributed by atoms with Crippen LogP contribution in [0.25, 0.3) is 0 Å². The molecule has 6 heteroatoms. The minimum atomic E-state index is -1.68. The zero-order valence-corrected chi connectivity index (χ0v) is 33.1. The number of nitrogens with zero attached hydrogens (tertiary/aromatic N) is 4. The summed E-state index contributed by atoms with van der Waals surface area (Å²) in [6.45, 7) is 31.1. The highest BCUT2D eigenvalue weighted by Gasteiger charge is 2.45. The molecular formula is C38H68N4Si2. The van der Waals surface area contributed by atoms with Crippen molar-refractivity contribution in [2.75, 3.05) is 14.1 Å². The van der Waals surface area contributed by atoms with E-state index >= 15 is 0 Å². The third-order valence-electron chi connectivity index (χ3n) is 12.0. The molecule has 0 saturated heterocycles. The number of hydrogen-bond donors (Lipinski definition) is 0. The molecule has 44 heavy (non-hydrogen) atoms. The topological polar surface area (TPSA) is 32.3 Å². The molecular weight excluding hydrogens is 569 g/mol. The van der Waals surface area contributed by atoms with Crippen LogP contribution in [0.4, 0.5) is 0 Å². The van der Waals surface area contributed by atoms with Gasteiger partial charge in [-0.25, -0.2) is 0 Å². The van der Waals surface area contributed by atoms with Crippen molar-refractivity contribution in [2.45, 2.75) is 167 Å². The maximum absolute atomic E-state index is 5.10. The Morgan fingerprint density at radius 3 is 1.07 bits per heavy atom. The molecule has 1 saturated carbocycles. The average Bonchev–Trinajstić information content (AvgIpc) is 2.94. The molecule has 0 amide bonds. The molecule has 4 nitrogen and oxygen atoms in total. The zero-order chi connectivity index (χ0) is 33.0. The molecule has 0 N–H and O–H groups in total. The van der Waals surface area contributed by atoms with Crippen LogP contribution >= 0.6 is 0 Å². The Morgan fingerprint density at radius 2 is 0.841 bits per heavy atom. The fourth-order valence-corrected chi connectivity index (χ4v) is 23.7. The molecule has 1 aliphatic rings. The predicted molar refractivity (Wildman–Crippen MR) is 199 cm³/mol. The molecule has 2 aromatic rings. The lowest BCUT2D eigenvalue weighted by Crippen LogP contribution is -2.55. The zero-order valence-electron chi connectivity index (χ0n) is 31.1. The van der Waals surface area contributed by atoms with Crippen molar-refractivity contribution in [3.05, 3.63) is 48.0 Å². The molecule has 0 aromatic carbocycles. The van der Waals surface area contributed by atoms with Gasteiger partial charge in [0.15, 0.2) is 0 Å². The molecule has 248 valence electrons. The summed E-state index contributed by atoms with van der Waals surface area (Å²) < 4.78 is 0. The van der Waals surface area contributed by atoms with Crippen LogP contribution in [0.1, 0.15) is 120 Å². The Hall–Kier alpha value is -1.35. The van der Waals surface area contributed by atoms with Gasteiger partial charge in [0.1, 0.15) is 0 Å². The first-order valence-corrected chi connectivity index (χ1v) is 22.4. The first-order valence-electron chi connectivity index (χ1n) is 17.9. The van der Waals surface area contributed by atoms with E-state index in [0.717, 1.165) is 13.1 Å². The highest BCUT2D eigenvalue weighted by molar-refractivity contribution is 6.95. The second-order valence-corrected chi connectivity index (χ2v) is 27.9. The molecule has 3 rings (SSSR count). The standard InChI is InChI=1S/C38H68N4Si2/c1-27(2)43(28(3)4,29(5)6)35-21-19-33(39-23-35)25-41(13)37-17-15-16-18-38(37)42(14)26-34-20-22-36(24-40-34)44(30(7)8,31(9)10)32(11)12/h19-24,27-32,37-38H,15-18,25-26H2,1-14H3/t37-,38-/m0/s1. The summed E-state index contributed by atoms with van der Waals surface area (Å²) in [7, 11) is 1.28. The van der Waals surface area contributed by atoms with Gasteiger partial charge in [0.2, 0.25) is 0 Å². The van der Waals surface area contributed by atoms with Crippen molar-refractivity contribution >= 4 is 26.5 Å². The fraction of sp³-hybridized carbons (Fsp3) is 0.737.